The second kappa shape index (κ2) is 5.48. The average Bonchev–Trinajstić information content (AvgIpc) is 2.36. The van der Waals surface area contributed by atoms with Crippen molar-refractivity contribution in [2.24, 2.45) is 0 Å². The average molecular weight is 320 g/mol. The number of hydrogen-bond acceptors (Lipinski definition) is 3. The number of hydrogen-bond donors (Lipinski definition) is 1. The zero-order valence-corrected chi connectivity index (χ0v) is 12.6. The molecule has 98 valence electrons. The molecule has 2 rings (SSSR count). The number of rotatable bonds is 2. The highest BCUT2D eigenvalue weighted by Crippen LogP contribution is 2.24. The van der Waals surface area contributed by atoms with Gasteiger partial charge in [0.25, 0.3) is 5.91 Å². The highest BCUT2D eigenvalue weighted by atomic mass is 79.9. The molecule has 19 heavy (non-hydrogen) atoms. The van der Waals surface area contributed by atoms with Crippen LogP contribution in [0.15, 0.2) is 29.0 Å². The van der Waals surface area contributed by atoms with E-state index < -0.39 is 0 Å². The Balaban J connectivity index is 2.28. The number of nitrogens with zero attached hydrogens (tertiary/aromatic N) is 2. The quantitative estimate of drug-likeness (QED) is 0.922. The Morgan fingerprint density at radius 3 is 2.63 bits per heavy atom. The molecular weight excluding hydrogens is 306 g/mol. The van der Waals surface area contributed by atoms with Gasteiger partial charge in [-0.2, -0.15) is 0 Å². The summed E-state index contributed by atoms with van der Waals surface area (Å²) in [6, 6.07) is 5.76. The lowest BCUT2D eigenvalue weighted by molar-refractivity contribution is 0.102. The van der Waals surface area contributed by atoms with E-state index in [1.54, 1.807) is 0 Å². The monoisotopic (exact) mass is 319 g/mol. The maximum atomic E-state index is 12.2. The van der Waals surface area contributed by atoms with Crippen LogP contribution in [0, 0.1) is 20.8 Å². The Hall–Kier alpha value is -1.75. The van der Waals surface area contributed by atoms with Crippen molar-refractivity contribution in [3.63, 3.8) is 0 Å². The maximum Gasteiger partial charge on any atom is 0.274 e. The number of amides is 1. The van der Waals surface area contributed by atoms with Gasteiger partial charge in [-0.25, -0.2) is 9.97 Å². The van der Waals surface area contributed by atoms with Crippen molar-refractivity contribution in [2.75, 3.05) is 5.32 Å². The molecule has 1 amide bonds. The predicted octanol–water partition coefficient (Wildman–Crippen LogP) is 3.42. The summed E-state index contributed by atoms with van der Waals surface area (Å²) in [4.78, 5) is 20.3. The van der Waals surface area contributed by atoms with Crippen LogP contribution in [0.5, 0.6) is 0 Å². The minimum atomic E-state index is -0.229. The highest BCUT2D eigenvalue weighted by Gasteiger charge is 2.14. The van der Waals surface area contributed by atoms with Gasteiger partial charge in [-0.3, -0.25) is 4.79 Å². The Bertz CT molecular complexity index is 641. The summed E-state index contributed by atoms with van der Waals surface area (Å²) in [5.74, 6) is -0.229. The van der Waals surface area contributed by atoms with Crippen molar-refractivity contribution in [1.82, 2.24) is 9.97 Å². The van der Waals surface area contributed by atoms with Crippen LogP contribution < -0.4 is 5.32 Å². The molecule has 0 atom stereocenters. The molecule has 0 unspecified atom stereocenters. The molecule has 0 radical (unpaired) electrons. The molecule has 0 aliphatic rings. The smallest absolute Gasteiger partial charge is 0.274 e. The molecule has 0 aliphatic heterocycles. The van der Waals surface area contributed by atoms with E-state index in [1.165, 1.54) is 6.33 Å². The summed E-state index contributed by atoms with van der Waals surface area (Å²) in [6.45, 7) is 5.69. The van der Waals surface area contributed by atoms with Gasteiger partial charge in [0.05, 0.1) is 5.69 Å². The number of carbonyl (C=O) groups is 1. The molecular formula is C14H14BrN3O. The molecule has 1 aromatic heterocycles. The van der Waals surface area contributed by atoms with Gasteiger partial charge in [0.15, 0.2) is 0 Å². The third-order valence-electron chi connectivity index (χ3n) is 2.92. The van der Waals surface area contributed by atoms with Gasteiger partial charge in [0, 0.05) is 15.7 Å². The van der Waals surface area contributed by atoms with E-state index >= 15 is 0 Å². The topological polar surface area (TPSA) is 54.9 Å². The second-order valence-corrected chi connectivity index (χ2v) is 5.22. The molecule has 4 nitrogen and oxygen atoms in total. The number of benzene rings is 1. The Morgan fingerprint density at radius 2 is 1.95 bits per heavy atom. The van der Waals surface area contributed by atoms with Crippen molar-refractivity contribution in [1.29, 1.82) is 0 Å². The first kappa shape index (κ1) is 13.7. The van der Waals surface area contributed by atoms with Crippen LogP contribution in [0.3, 0.4) is 0 Å². The SMILES string of the molecule is Cc1ccc(NC(=O)c2ncnc(C)c2C)c(Br)c1. The van der Waals surface area contributed by atoms with Gasteiger partial charge < -0.3 is 5.32 Å². The largest absolute Gasteiger partial charge is 0.320 e. The maximum absolute atomic E-state index is 12.2. The van der Waals surface area contributed by atoms with Crippen LogP contribution in [-0.4, -0.2) is 15.9 Å². The Kier molecular flexibility index (Phi) is 3.95. The molecule has 0 bridgehead atoms. The first-order valence-electron chi connectivity index (χ1n) is 5.84. The summed E-state index contributed by atoms with van der Waals surface area (Å²) >= 11 is 3.43. The van der Waals surface area contributed by atoms with Crippen LogP contribution >= 0.6 is 15.9 Å². The molecule has 1 heterocycles. The second-order valence-electron chi connectivity index (χ2n) is 4.37. The molecule has 2 aromatic rings. The van der Waals surface area contributed by atoms with Crippen molar-refractivity contribution in [3.05, 3.63) is 51.5 Å². The van der Waals surface area contributed by atoms with Gasteiger partial charge in [-0.05, 0) is 54.4 Å². The number of halogens is 1. The molecule has 5 heteroatoms. The molecule has 0 saturated heterocycles. The van der Waals surface area contributed by atoms with Gasteiger partial charge >= 0.3 is 0 Å². The Labute approximate surface area is 120 Å². The van der Waals surface area contributed by atoms with E-state index in [1.807, 2.05) is 39.0 Å². The van der Waals surface area contributed by atoms with E-state index in [0.29, 0.717) is 5.69 Å². The van der Waals surface area contributed by atoms with E-state index in [2.05, 4.69) is 31.2 Å². The molecule has 1 N–H and O–H groups in total. The van der Waals surface area contributed by atoms with E-state index in [4.69, 9.17) is 0 Å². The first-order valence-corrected chi connectivity index (χ1v) is 6.64. The fraction of sp³-hybridized carbons (Fsp3) is 0.214. The lowest BCUT2D eigenvalue weighted by Crippen LogP contribution is -2.16. The van der Waals surface area contributed by atoms with Gasteiger partial charge in [-0.15, -0.1) is 0 Å². The normalized spacial score (nSPS) is 10.3. The molecule has 0 saturated carbocycles. The summed E-state index contributed by atoms with van der Waals surface area (Å²) in [5.41, 5.74) is 3.86. The number of aromatic nitrogens is 2. The van der Waals surface area contributed by atoms with E-state index in [-0.39, 0.29) is 5.91 Å². The van der Waals surface area contributed by atoms with Crippen molar-refractivity contribution in [3.8, 4) is 0 Å². The zero-order chi connectivity index (χ0) is 14.0. The summed E-state index contributed by atoms with van der Waals surface area (Å²) in [7, 11) is 0. The molecule has 1 aromatic carbocycles. The van der Waals surface area contributed by atoms with Crippen LogP contribution in [0.4, 0.5) is 5.69 Å². The van der Waals surface area contributed by atoms with Gasteiger partial charge in [0.2, 0.25) is 0 Å². The summed E-state index contributed by atoms with van der Waals surface area (Å²) < 4.78 is 0.851. The number of carbonyl (C=O) groups excluding carboxylic acids is 1. The van der Waals surface area contributed by atoms with Crippen molar-refractivity contribution in [2.45, 2.75) is 20.8 Å². The van der Waals surface area contributed by atoms with Crippen molar-refractivity contribution >= 4 is 27.5 Å². The third kappa shape index (κ3) is 2.98. The number of nitrogens with one attached hydrogen (secondary N) is 1. The number of anilines is 1. The van der Waals surface area contributed by atoms with E-state index in [0.717, 1.165) is 27.0 Å². The minimum absolute atomic E-state index is 0.229. The molecule has 0 spiro atoms. The minimum Gasteiger partial charge on any atom is -0.320 e. The summed E-state index contributed by atoms with van der Waals surface area (Å²) in [5, 5.41) is 2.85. The highest BCUT2D eigenvalue weighted by molar-refractivity contribution is 9.10. The van der Waals surface area contributed by atoms with Crippen LogP contribution in [0.25, 0.3) is 0 Å². The molecule has 0 fully saturated rings. The van der Waals surface area contributed by atoms with E-state index in [9.17, 15) is 4.79 Å². The first-order chi connectivity index (χ1) is 8.99. The van der Waals surface area contributed by atoms with Gasteiger partial charge in [0.1, 0.15) is 12.0 Å². The summed E-state index contributed by atoms with van der Waals surface area (Å²) in [6.07, 6.45) is 1.40. The fourth-order valence-corrected chi connectivity index (χ4v) is 2.26. The van der Waals surface area contributed by atoms with Gasteiger partial charge in [-0.1, -0.05) is 6.07 Å². The predicted molar refractivity (Wildman–Crippen MR) is 78.3 cm³/mol. The number of aryl methyl sites for hydroxylation is 2. The van der Waals surface area contributed by atoms with Crippen LogP contribution in [0.2, 0.25) is 0 Å². The fourth-order valence-electron chi connectivity index (χ4n) is 1.67. The lowest BCUT2D eigenvalue weighted by Gasteiger charge is -2.09. The van der Waals surface area contributed by atoms with Crippen LogP contribution in [-0.2, 0) is 0 Å². The zero-order valence-electron chi connectivity index (χ0n) is 11.0. The standard InChI is InChI=1S/C14H14BrN3O/c1-8-4-5-12(11(15)6-8)18-14(19)13-9(2)10(3)16-7-17-13/h4-7H,1-3H3,(H,18,19). The third-order valence-corrected chi connectivity index (χ3v) is 3.58. The lowest BCUT2D eigenvalue weighted by atomic mass is 10.1. The Morgan fingerprint density at radius 1 is 1.21 bits per heavy atom. The van der Waals surface area contributed by atoms with Crippen molar-refractivity contribution < 1.29 is 4.79 Å². The van der Waals surface area contributed by atoms with Crippen LogP contribution in [0.1, 0.15) is 27.3 Å². The molecule has 0 aliphatic carbocycles.